The smallest absolute Gasteiger partial charge is 0.0358 e. The SMILES string of the molecule is CC(C)CC(C)N(C)C1(CN)CCN2CCCC2C1. The van der Waals surface area contributed by atoms with Crippen molar-refractivity contribution < 1.29 is 0 Å². The van der Waals surface area contributed by atoms with Crippen LogP contribution in [-0.2, 0) is 0 Å². The first kappa shape index (κ1) is 15.3. The zero-order chi connectivity index (χ0) is 14.0. The van der Waals surface area contributed by atoms with Crippen LogP contribution in [0.3, 0.4) is 0 Å². The quantitative estimate of drug-likeness (QED) is 0.829. The van der Waals surface area contributed by atoms with Gasteiger partial charge in [0.1, 0.15) is 0 Å². The van der Waals surface area contributed by atoms with Gasteiger partial charge in [-0.15, -0.1) is 0 Å². The predicted molar refractivity (Wildman–Crippen MR) is 82.3 cm³/mol. The average molecular weight is 267 g/mol. The van der Waals surface area contributed by atoms with Crippen molar-refractivity contribution in [1.29, 1.82) is 0 Å². The zero-order valence-electron chi connectivity index (χ0n) is 13.4. The molecule has 2 fully saturated rings. The molecule has 2 saturated heterocycles. The third-order valence-electron chi connectivity index (χ3n) is 5.58. The van der Waals surface area contributed by atoms with Crippen LogP contribution >= 0.6 is 0 Å². The van der Waals surface area contributed by atoms with Crippen molar-refractivity contribution in [3.63, 3.8) is 0 Å². The highest BCUT2D eigenvalue weighted by atomic mass is 15.3. The van der Waals surface area contributed by atoms with Gasteiger partial charge in [-0.1, -0.05) is 13.8 Å². The molecule has 0 aromatic rings. The van der Waals surface area contributed by atoms with Gasteiger partial charge in [-0.2, -0.15) is 0 Å². The Hall–Kier alpha value is -0.120. The van der Waals surface area contributed by atoms with Gasteiger partial charge in [-0.25, -0.2) is 0 Å². The van der Waals surface area contributed by atoms with Crippen molar-refractivity contribution in [1.82, 2.24) is 9.80 Å². The maximum atomic E-state index is 6.23. The fourth-order valence-electron chi connectivity index (χ4n) is 4.27. The van der Waals surface area contributed by atoms with Gasteiger partial charge >= 0.3 is 0 Å². The molecular weight excluding hydrogens is 234 g/mol. The van der Waals surface area contributed by atoms with E-state index >= 15 is 0 Å². The van der Waals surface area contributed by atoms with Crippen molar-refractivity contribution in [3.8, 4) is 0 Å². The first-order valence-electron chi connectivity index (χ1n) is 8.15. The lowest BCUT2D eigenvalue weighted by Gasteiger charge is -2.51. The van der Waals surface area contributed by atoms with Crippen LogP contribution in [0, 0.1) is 5.92 Å². The van der Waals surface area contributed by atoms with E-state index in [9.17, 15) is 0 Å². The Labute approximate surface area is 119 Å². The van der Waals surface area contributed by atoms with E-state index in [-0.39, 0.29) is 5.54 Å². The molecule has 2 aliphatic heterocycles. The highest BCUT2D eigenvalue weighted by molar-refractivity contribution is 5.02. The van der Waals surface area contributed by atoms with Crippen LogP contribution in [0.5, 0.6) is 0 Å². The summed E-state index contributed by atoms with van der Waals surface area (Å²) in [4.78, 5) is 5.30. The lowest BCUT2D eigenvalue weighted by Crippen LogP contribution is -2.62. The van der Waals surface area contributed by atoms with E-state index in [1.54, 1.807) is 0 Å². The molecular formula is C16H33N3. The fourth-order valence-corrected chi connectivity index (χ4v) is 4.27. The fraction of sp³-hybridized carbons (Fsp3) is 1.00. The van der Waals surface area contributed by atoms with Gasteiger partial charge < -0.3 is 10.6 Å². The summed E-state index contributed by atoms with van der Waals surface area (Å²) in [5.41, 5.74) is 6.48. The minimum Gasteiger partial charge on any atom is -0.329 e. The molecule has 2 aliphatic rings. The third kappa shape index (κ3) is 3.14. The van der Waals surface area contributed by atoms with Gasteiger partial charge in [0.2, 0.25) is 0 Å². The highest BCUT2D eigenvalue weighted by Crippen LogP contribution is 2.37. The summed E-state index contributed by atoms with van der Waals surface area (Å²) in [5, 5.41) is 0. The maximum absolute atomic E-state index is 6.23. The Kier molecular flexibility index (Phi) is 4.91. The van der Waals surface area contributed by atoms with Crippen LogP contribution in [0.15, 0.2) is 0 Å². The van der Waals surface area contributed by atoms with Crippen molar-refractivity contribution in [2.75, 3.05) is 26.7 Å². The van der Waals surface area contributed by atoms with Gasteiger partial charge in [-0.05, 0) is 58.5 Å². The minimum absolute atomic E-state index is 0.250. The molecule has 3 nitrogen and oxygen atoms in total. The van der Waals surface area contributed by atoms with E-state index in [1.165, 1.54) is 45.2 Å². The Morgan fingerprint density at radius 3 is 2.68 bits per heavy atom. The number of likely N-dealkylation sites (N-methyl/N-ethyl adjacent to an activating group) is 1. The summed E-state index contributed by atoms with van der Waals surface area (Å²) in [6, 6.07) is 1.43. The number of hydrogen-bond acceptors (Lipinski definition) is 3. The maximum Gasteiger partial charge on any atom is 0.0358 e. The van der Waals surface area contributed by atoms with E-state index in [4.69, 9.17) is 5.73 Å². The third-order valence-corrected chi connectivity index (χ3v) is 5.58. The highest BCUT2D eigenvalue weighted by Gasteiger charge is 2.44. The Morgan fingerprint density at radius 2 is 2.05 bits per heavy atom. The van der Waals surface area contributed by atoms with Gasteiger partial charge in [0.15, 0.2) is 0 Å². The molecule has 0 amide bonds. The van der Waals surface area contributed by atoms with Crippen molar-refractivity contribution >= 4 is 0 Å². The van der Waals surface area contributed by atoms with Crippen molar-refractivity contribution in [2.45, 2.75) is 70.5 Å². The molecule has 3 atom stereocenters. The summed E-state index contributed by atoms with van der Waals surface area (Å²) < 4.78 is 0. The number of nitrogens with zero attached hydrogens (tertiary/aromatic N) is 2. The lowest BCUT2D eigenvalue weighted by atomic mass is 9.80. The monoisotopic (exact) mass is 267 g/mol. The van der Waals surface area contributed by atoms with Gasteiger partial charge in [0.25, 0.3) is 0 Å². The van der Waals surface area contributed by atoms with Gasteiger partial charge in [0.05, 0.1) is 0 Å². The van der Waals surface area contributed by atoms with E-state index < -0.39 is 0 Å². The van der Waals surface area contributed by atoms with Crippen molar-refractivity contribution in [3.05, 3.63) is 0 Å². The van der Waals surface area contributed by atoms with E-state index in [0.29, 0.717) is 6.04 Å². The van der Waals surface area contributed by atoms with E-state index in [2.05, 4.69) is 37.6 Å². The first-order valence-corrected chi connectivity index (χ1v) is 8.15. The average Bonchev–Trinajstić information content (AvgIpc) is 2.83. The number of nitrogens with two attached hydrogens (primary N) is 1. The van der Waals surface area contributed by atoms with Crippen LogP contribution in [0.25, 0.3) is 0 Å². The van der Waals surface area contributed by atoms with E-state index in [1.807, 2.05) is 0 Å². The molecule has 19 heavy (non-hydrogen) atoms. The standard InChI is InChI=1S/C16H33N3/c1-13(2)10-14(3)18(4)16(12-17)7-9-19-8-5-6-15(19)11-16/h13-15H,5-12,17H2,1-4H3. The molecule has 0 aromatic heterocycles. The summed E-state index contributed by atoms with van der Waals surface area (Å²) >= 11 is 0. The summed E-state index contributed by atoms with van der Waals surface area (Å²) in [5.74, 6) is 0.763. The summed E-state index contributed by atoms with van der Waals surface area (Å²) in [6.07, 6.45) is 6.57. The zero-order valence-corrected chi connectivity index (χ0v) is 13.4. The molecule has 2 rings (SSSR count). The second-order valence-electron chi connectivity index (χ2n) is 7.30. The topological polar surface area (TPSA) is 32.5 Å². The molecule has 0 bridgehead atoms. The first-order chi connectivity index (χ1) is 8.98. The Morgan fingerprint density at radius 1 is 1.32 bits per heavy atom. The number of piperidine rings is 1. The molecule has 2 heterocycles. The number of fused-ring (bicyclic) bond motifs is 1. The minimum atomic E-state index is 0.250. The Bertz CT molecular complexity index is 292. The summed E-state index contributed by atoms with van der Waals surface area (Å²) in [7, 11) is 2.31. The molecule has 0 saturated carbocycles. The molecule has 0 radical (unpaired) electrons. The van der Waals surface area contributed by atoms with E-state index in [0.717, 1.165) is 18.5 Å². The second kappa shape index (κ2) is 6.11. The van der Waals surface area contributed by atoms with Gasteiger partial charge in [0, 0.05) is 30.7 Å². The number of rotatable bonds is 5. The van der Waals surface area contributed by atoms with Crippen LogP contribution in [0.4, 0.5) is 0 Å². The van der Waals surface area contributed by atoms with Crippen LogP contribution in [-0.4, -0.2) is 54.1 Å². The second-order valence-corrected chi connectivity index (χ2v) is 7.30. The molecule has 0 aromatic carbocycles. The number of hydrogen-bond donors (Lipinski definition) is 1. The molecule has 0 aliphatic carbocycles. The molecule has 3 unspecified atom stereocenters. The Balaban J connectivity index is 2.04. The predicted octanol–water partition coefficient (Wildman–Crippen LogP) is 2.31. The normalized spacial score (nSPS) is 33.9. The van der Waals surface area contributed by atoms with Crippen molar-refractivity contribution in [2.24, 2.45) is 11.7 Å². The van der Waals surface area contributed by atoms with Crippen LogP contribution in [0.2, 0.25) is 0 Å². The van der Waals surface area contributed by atoms with Gasteiger partial charge in [-0.3, -0.25) is 4.90 Å². The molecule has 2 N–H and O–H groups in total. The largest absolute Gasteiger partial charge is 0.329 e. The van der Waals surface area contributed by atoms with Crippen LogP contribution in [0.1, 0.15) is 52.9 Å². The molecule has 0 spiro atoms. The molecule has 112 valence electrons. The summed E-state index contributed by atoms with van der Waals surface area (Å²) in [6.45, 7) is 10.4. The lowest BCUT2D eigenvalue weighted by molar-refractivity contribution is 0.000823. The van der Waals surface area contributed by atoms with Crippen LogP contribution < -0.4 is 5.73 Å². The molecule has 3 heteroatoms.